The molecule has 0 saturated carbocycles. The van der Waals surface area contributed by atoms with Crippen LogP contribution in [-0.2, 0) is 0 Å². The van der Waals surface area contributed by atoms with Crippen LogP contribution in [-0.4, -0.2) is 30.1 Å². The van der Waals surface area contributed by atoms with Gasteiger partial charge >= 0.3 is 0 Å². The van der Waals surface area contributed by atoms with Gasteiger partial charge in [0.15, 0.2) is 0 Å². The monoisotopic (exact) mass is 148 g/mol. The van der Waals surface area contributed by atoms with Crippen LogP contribution >= 0.6 is 0 Å². The molecular formula is C6H16O2Si. The van der Waals surface area contributed by atoms with E-state index in [1.54, 1.807) is 6.92 Å². The molecule has 0 aliphatic heterocycles. The highest BCUT2D eigenvalue weighted by molar-refractivity contribution is 6.78. The zero-order chi connectivity index (χ0) is 7.71. The van der Waals surface area contributed by atoms with Gasteiger partial charge in [0, 0.05) is 0 Å². The normalized spacial score (nSPS) is 19.3. The molecule has 0 aromatic carbocycles. The molecule has 0 heterocycles. The van der Waals surface area contributed by atoms with E-state index in [-0.39, 0.29) is 6.61 Å². The van der Waals surface area contributed by atoms with Crippen LogP contribution in [0.4, 0.5) is 0 Å². The van der Waals surface area contributed by atoms with E-state index in [0.29, 0.717) is 0 Å². The highest BCUT2D eigenvalue weighted by Crippen LogP contribution is 2.18. The summed E-state index contributed by atoms with van der Waals surface area (Å²) in [6.07, 6.45) is 0. The van der Waals surface area contributed by atoms with E-state index in [1.807, 2.05) is 19.6 Å². The first-order valence-corrected chi connectivity index (χ1v) is 6.64. The highest BCUT2D eigenvalue weighted by atomic mass is 28.3. The van der Waals surface area contributed by atoms with Gasteiger partial charge in [0.05, 0.1) is 19.9 Å². The van der Waals surface area contributed by atoms with Gasteiger partial charge in [-0.05, 0) is 6.92 Å². The summed E-state index contributed by atoms with van der Waals surface area (Å²) >= 11 is 0. The van der Waals surface area contributed by atoms with Gasteiger partial charge < -0.3 is 10.2 Å². The van der Waals surface area contributed by atoms with E-state index in [2.05, 4.69) is 0 Å². The number of aliphatic hydroxyl groups is 2. The third-order valence-corrected chi connectivity index (χ3v) is 5.31. The molecule has 0 aromatic rings. The lowest BCUT2D eigenvalue weighted by atomic mass is 10.4. The minimum atomic E-state index is -1.58. The summed E-state index contributed by atoms with van der Waals surface area (Å²) in [5.41, 5.74) is 0. The molecule has 0 amide bonds. The lowest BCUT2D eigenvalue weighted by Gasteiger charge is -2.33. The molecule has 0 spiro atoms. The fraction of sp³-hybridized carbons (Fsp3) is 1.00. The van der Waals surface area contributed by atoms with Crippen LogP contribution in [0.5, 0.6) is 0 Å². The molecule has 2 N–H and O–H groups in total. The van der Waals surface area contributed by atoms with Crippen molar-refractivity contribution in [3.05, 3.63) is 0 Å². The molecule has 1 atom stereocenters. The molecule has 0 aromatic heterocycles. The Labute approximate surface area is 57.5 Å². The van der Waals surface area contributed by atoms with Gasteiger partial charge in [0.1, 0.15) is 0 Å². The lowest BCUT2D eigenvalue weighted by molar-refractivity contribution is 0.0629. The van der Waals surface area contributed by atoms with E-state index in [4.69, 9.17) is 5.11 Å². The molecule has 0 saturated heterocycles. The molecule has 3 heteroatoms. The third-order valence-electron chi connectivity index (χ3n) is 1.92. The van der Waals surface area contributed by atoms with Crippen molar-refractivity contribution in [3.8, 4) is 0 Å². The summed E-state index contributed by atoms with van der Waals surface area (Å²) in [4.78, 5) is 0. The Morgan fingerprint density at radius 1 is 1.33 bits per heavy atom. The minimum Gasteiger partial charge on any atom is -0.394 e. The molecule has 56 valence electrons. The molecule has 9 heavy (non-hydrogen) atoms. The maximum atomic E-state index is 9.47. The van der Waals surface area contributed by atoms with Crippen LogP contribution < -0.4 is 0 Å². The van der Waals surface area contributed by atoms with Crippen LogP contribution in [0.15, 0.2) is 0 Å². The third kappa shape index (κ3) is 2.08. The molecule has 0 aliphatic carbocycles. The minimum absolute atomic E-state index is 0.122. The smallest absolute Gasteiger partial charge is 0.0847 e. The predicted octanol–water partition coefficient (Wildman–Crippen LogP) is 0.607. The van der Waals surface area contributed by atoms with Crippen LogP contribution in [0.25, 0.3) is 0 Å². The fourth-order valence-electron chi connectivity index (χ4n) is 0.237. The standard InChI is InChI=1S/C6H16O2Si/c1-6(8,5-7)9(2,3)4/h7-8H,5H2,1-4H3. The zero-order valence-corrected chi connectivity index (χ0v) is 7.60. The summed E-state index contributed by atoms with van der Waals surface area (Å²) in [5, 5.41) is 17.4. The van der Waals surface area contributed by atoms with E-state index in [9.17, 15) is 5.11 Å². The van der Waals surface area contributed by atoms with E-state index < -0.39 is 13.3 Å². The van der Waals surface area contributed by atoms with Crippen molar-refractivity contribution < 1.29 is 10.2 Å². The van der Waals surface area contributed by atoms with Gasteiger partial charge in [-0.3, -0.25) is 0 Å². The second-order valence-electron chi connectivity index (χ2n) is 3.68. The number of aliphatic hydroxyl groups excluding tert-OH is 1. The maximum Gasteiger partial charge on any atom is 0.0847 e. The van der Waals surface area contributed by atoms with Crippen molar-refractivity contribution in [2.45, 2.75) is 31.8 Å². The summed E-state index contributed by atoms with van der Waals surface area (Å²) in [6.45, 7) is 7.66. The Hall–Kier alpha value is 0.137. The lowest BCUT2D eigenvalue weighted by Crippen LogP contribution is -2.52. The number of hydrogen-bond donors (Lipinski definition) is 2. The Bertz CT molecular complexity index is 93.7. The van der Waals surface area contributed by atoms with Gasteiger partial charge in [0.25, 0.3) is 0 Å². The van der Waals surface area contributed by atoms with Gasteiger partial charge in [-0.25, -0.2) is 0 Å². The number of hydrogen-bond acceptors (Lipinski definition) is 2. The Balaban J connectivity index is 4.14. The van der Waals surface area contributed by atoms with Gasteiger partial charge in [0.2, 0.25) is 0 Å². The first-order chi connectivity index (χ1) is 3.81. The first kappa shape index (κ1) is 9.14. The highest BCUT2D eigenvalue weighted by Gasteiger charge is 2.36. The van der Waals surface area contributed by atoms with Crippen LogP contribution in [0, 0.1) is 0 Å². The first-order valence-electron chi connectivity index (χ1n) is 3.14. The second-order valence-corrected chi connectivity index (χ2v) is 9.26. The van der Waals surface area contributed by atoms with Crippen molar-refractivity contribution in [1.82, 2.24) is 0 Å². The number of rotatable bonds is 2. The summed E-state index contributed by atoms with van der Waals surface area (Å²) in [7, 11) is -1.58. The van der Waals surface area contributed by atoms with Crippen molar-refractivity contribution in [1.29, 1.82) is 0 Å². The molecule has 0 bridgehead atoms. The Kier molecular flexibility index (Phi) is 2.44. The summed E-state index contributed by atoms with van der Waals surface area (Å²) < 4.78 is 0. The van der Waals surface area contributed by atoms with E-state index >= 15 is 0 Å². The van der Waals surface area contributed by atoms with Gasteiger partial charge in [-0.2, -0.15) is 0 Å². The SMILES string of the molecule is CC(O)(CO)[Si](C)(C)C. The van der Waals surface area contributed by atoms with Crippen molar-refractivity contribution in [2.75, 3.05) is 6.61 Å². The van der Waals surface area contributed by atoms with Crippen LogP contribution in [0.1, 0.15) is 6.92 Å². The summed E-state index contributed by atoms with van der Waals surface area (Å²) in [6, 6.07) is 0. The molecule has 2 nitrogen and oxygen atoms in total. The average Bonchev–Trinajstić information content (AvgIpc) is 1.64. The molecular weight excluding hydrogens is 132 g/mol. The predicted molar refractivity (Wildman–Crippen MR) is 41.1 cm³/mol. The second kappa shape index (κ2) is 2.40. The van der Waals surface area contributed by atoms with Crippen LogP contribution in [0.2, 0.25) is 19.6 Å². The van der Waals surface area contributed by atoms with Crippen LogP contribution in [0.3, 0.4) is 0 Å². The zero-order valence-electron chi connectivity index (χ0n) is 6.60. The molecule has 0 rings (SSSR count). The molecule has 0 radical (unpaired) electrons. The topological polar surface area (TPSA) is 40.5 Å². The maximum absolute atomic E-state index is 9.47. The molecule has 0 fully saturated rings. The van der Waals surface area contributed by atoms with E-state index in [1.165, 1.54) is 0 Å². The van der Waals surface area contributed by atoms with Crippen molar-refractivity contribution >= 4 is 8.07 Å². The van der Waals surface area contributed by atoms with E-state index in [0.717, 1.165) is 0 Å². The van der Waals surface area contributed by atoms with Gasteiger partial charge in [-0.1, -0.05) is 19.6 Å². The quantitative estimate of drug-likeness (QED) is 0.563. The Morgan fingerprint density at radius 2 is 1.67 bits per heavy atom. The van der Waals surface area contributed by atoms with Crippen molar-refractivity contribution in [2.24, 2.45) is 0 Å². The Morgan fingerprint density at radius 3 is 1.67 bits per heavy atom. The largest absolute Gasteiger partial charge is 0.394 e. The molecule has 0 aliphatic rings. The fourth-order valence-corrected chi connectivity index (χ4v) is 0.712. The molecule has 1 unspecified atom stereocenters. The summed E-state index contributed by atoms with van der Waals surface area (Å²) in [5.74, 6) is 0. The van der Waals surface area contributed by atoms with Crippen molar-refractivity contribution in [3.63, 3.8) is 0 Å². The van der Waals surface area contributed by atoms with Gasteiger partial charge in [-0.15, -0.1) is 0 Å². The average molecular weight is 148 g/mol.